The normalized spacial score (nSPS) is 10.3. The SMILES string of the molecule is NC(=O)NN=Cc1ccc(O)cc1O. The second-order valence-electron chi connectivity index (χ2n) is 2.48. The third-order valence-electron chi connectivity index (χ3n) is 1.39. The molecule has 0 saturated carbocycles. The number of nitrogens with two attached hydrogens (primary N) is 1. The number of urea groups is 1. The van der Waals surface area contributed by atoms with Gasteiger partial charge in [-0.2, -0.15) is 5.10 Å². The molecule has 2 amide bonds. The Morgan fingerprint density at radius 1 is 1.50 bits per heavy atom. The number of amides is 2. The van der Waals surface area contributed by atoms with Crippen LogP contribution in [0.4, 0.5) is 4.79 Å². The number of hydrogen-bond donors (Lipinski definition) is 4. The molecule has 0 aromatic heterocycles. The van der Waals surface area contributed by atoms with Crippen molar-refractivity contribution in [3.63, 3.8) is 0 Å². The fourth-order valence-corrected chi connectivity index (χ4v) is 0.807. The van der Waals surface area contributed by atoms with Crippen molar-refractivity contribution < 1.29 is 15.0 Å². The highest BCUT2D eigenvalue weighted by molar-refractivity contribution is 5.84. The number of carbonyl (C=O) groups excluding carboxylic acids is 1. The first-order valence-corrected chi connectivity index (χ1v) is 3.70. The predicted octanol–water partition coefficient (Wildman–Crippen LogP) is 0.1000. The summed E-state index contributed by atoms with van der Waals surface area (Å²) in [7, 11) is 0. The number of rotatable bonds is 2. The van der Waals surface area contributed by atoms with Gasteiger partial charge < -0.3 is 15.9 Å². The summed E-state index contributed by atoms with van der Waals surface area (Å²) in [6, 6.07) is 3.19. The maximum Gasteiger partial charge on any atom is 0.332 e. The van der Waals surface area contributed by atoms with E-state index >= 15 is 0 Å². The van der Waals surface area contributed by atoms with Crippen LogP contribution in [0.5, 0.6) is 11.5 Å². The van der Waals surface area contributed by atoms with Gasteiger partial charge in [0.05, 0.1) is 6.21 Å². The lowest BCUT2D eigenvalue weighted by atomic mass is 10.2. The van der Waals surface area contributed by atoms with E-state index in [0.29, 0.717) is 5.56 Å². The van der Waals surface area contributed by atoms with E-state index in [0.717, 1.165) is 6.07 Å². The molecule has 6 heteroatoms. The molecular formula is C8H9N3O3. The van der Waals surface area contributed by atoms with E-state index in [9.17, 15) is 9.90 Å². The van der Waals surface area contributed by atoms with Crippen LogP contribution in [0, 0.1) is 0 Å². The van der Waals surface area contributed by atoms with Gasteiger partial charge in [0.1, 0.15) is 11.5 Å². The summed E-state index contributed by atoms with van der Waals surface area (Å²) in [6.07, 6.45) is 1.21. The fraction of sp³-hybridized carbons (Fsp3) is 0. The lowest BCUT2D eigenvalue weighted by Gasteiger charge is -1.98. The van der Waals surface area contributed by atoms with Crippen molar-refractivity contribution in [3.05, 3.63) is 23.8 Å². The van der Waals surface area contributed by atoms with Crippen molar-refractivity contribution in [3.8, 4) is 11.5 Å². The number of aromatic hydroxyl groups is 2. The van der Waals surface area contributed by atoms with Crippen molar-refractivity contribution in [1.29, 1.82) is 0 Å². The molecule has 6 nitrogen and oxygen atoms in total. The molecule has 1 aromatic rings. The topological polar surface area (TPSA) is 108 Å². The molecule has 1 aromatic carbocycles. The Kier molecular flexibility index (Phi) is 2.90. The van der Waals surface area contributed by atoms with E-state index in [1.165, 1.54) is 18.3 Å². The summed E-state index contributed by atoms with van der Waals surface area (Å²) >= 11 is 0. The largest absolute Gasteiger partial charge is 0.508 e. The number of phenolic OH excluding ortho intramolecular Hbond substituents is 2. The van der Waals surface area contributed by atoms with Gasteiger partial charge in [0.2, 0.25) is 0 Å². The average molecular weight is 195 g/mol. The molecule has 0 atom stereocenters. The number of phenols is 2. The molecule has 74 valence electrons. The first kappa shape index (κ1) is 9.85. The molecule has 0 heterocycles. The standard InChI is InChI=1S/C8H9N3O3/c9-8(14)11-10-4-5-1-2-6(12)3-7(5)13/h1-4,12-13H,(H3,9,11,14). The molecule has 0 spiro atoms. The summed E-state index contributed by atoms with van der Waals surface area (Å²) in [5.41, 5.74) is 7.08. The van der Waals surface area contributed by atoms with Gasteiger partial charge in [-0.05, 0) is 12.1 Å². The number of benzene rings is 1. The Morgan fingerprint density at radius 3 is 2.79 bits per heavy atom. The highest BCUT2D eigenvalue weighted by Gasteiger charge is 1.98. The quantitative estimate of drug-likeness (QED) is 0.397. The highest BCUT2D eigenvalue weighted by Crippen LogP contribution is 2.20. The Balaban J connectivity index is 2.76. The molecule has 14 heavy (non-hydrogen) atoms. The fourth-order valence-electron chi connectivity index (χ4n) is 0.807. The first-order chi connectivity index (χ1) is 6.59. The van der Waals surface area contributed by atoms with E-state index in [1.807, 2.05) is 5.43 Å². The van der Waals surface area contributed by atoms with Gasteiger partial charge in [0, 0.05) is 11.6 Å². The maximum atomic E-state index is 10.2. The molecule has 0 fully saturated rings. The number of primary amides is 1. The van der Waals surface area contributed by atoms with E-state index < -0.39 is 6.03 Å². The van der Waals surface area contributed by atoms with E-state index in [4.69, 9.17) is 10.8 Å². The number of hydrogen-bond acceptors (Lipinski definition) is 4. The summed E-state index contributed by atoms with van der Waals surface area (Å²) in [4.78, 5) is 10.2. The third kappa shape index (κ3) is 2.67. The van der Waals surface area contributed by atoms with Crippen molar-refractivity contribution in [2.45, 2.75) is 0 Å². The van der Waals surface area contributed by atoms with E-state index in [1.54, 1.807) is 0 Å². The molecule has 0 saturated heterocycles. The highest BCUT2D eigenvalue weighted by atomic mass is 16.3. The van der Waals surface area contributed by atoms with Crippen LogP contribution in [0.1, 0.15) is 5.56 Å². The van der Waals surface area contributed by atoms with Crippen molar-refractivity contribution in [2.75, 3.05) is 0 Å². The van der Waals surface area contributed by atoms with E-state index in [-0.39, 0.29) is 11.5 Å². The Morgan fingerprint density at radius 2 is 2.21 bits per heavy atom. The molecular weight excluding hydrogens is 186 g/mol. The van der Waals surface area contributed by atoms with Crippen LogP contribution >= 0.6 is 0 Å². The summed E-state index contributed by atoms with van der Waals surface area (Å²) in [5.74, 6) is -0.192. The molecule has 0 aliphatic rings. The number of nitrogens with zero attached hydrogens (tertiary/aromatic N) is 1. The molecule has 5 N–H and O–H groups in total. The maximum absolute atomic E-state index is 10.2. The van der Waals surface area contributed by atoms with Crippen molar-refractivity contribution in [2.24, 2.45) is 10.8 Å². The van der Waals surface area contributed by atoms with Gasteiger partial charge in [-0.3, -0.25) is 0 Å². The Labute approximate surface area is 79.7 Å². The lowest BCUT2D eigenvalue weighted by Crippen LogP contribution is -2.24. The minimum atomic E-state index is -0.792. The van der Waals surface area contributed by atoms with Gasteiger partial charge in [0.25, 0.3) is 0 Å². The second-order valence-corrected chi connectivity index (χ2v) is 2.48. The number of nitrogens with one attached hydrogen (secondary N) is 1. The van der Waals surface area contributed by atoms with Crippen LogP contribution < -0.4 is 11.2 Å². The molecule has 0 unspecified atom stereocenters. The van der Waals surface area contributed by atoms with Crippen LogP contribution in [0.3, 0.4) is 0 Å². The Bertz CT molecular complexity index is 376. The molecule has 0 radical (unpaired) electrons. The summed E-state index contributed by atoms with van der Waals surface area (Å²) < 4.78 is 0. The minimum absolute atomic E-state index is 0.0532. The monoisotopic (exact) mass is 195 g/mol. The smallest absolute Gasteiger partial charge is 0.332 e. The predicted molar refractivity (Wildman–Crippen MR) is 50.1 cm³/mol. The first-order valence-electron chi connectivity index (χ1n) is 3.70. The van der Waals surface area contributed by atoms with Crippen LogP contribution in [0.15, 0.2) is 23.3 Å². The summed E-state index contributed by atoms with van der Waals surface area (Å²) in [5, 5.41) is 21.7. The lowest BCUT2D eigenvalue weighted by molar-refractivity contribution is 0.249. The second kappa shape index (κ2) is 4.13. The number of carbonyl (C=O) groups is 1. The molecule has 0 bridgehead atoms. The third-order valence-corrected chi connectivity index (χ3v) is 1.39. The van der Waals surface area contributed by atoms with Crippen LogP contribution in [-0.4, -0.2) is 22.5 Å². The molecule has 1 rings (SSSR count). The van der Waals surface area contributed by atoms with Gasteiger partial charge in [-0.15, -0.1) is 0 Å². The van der Waals surface area contributed by atoms with Gasteiger partial charge in [-0.1, -0.05) is 0 Å². The van der Waals surface area contributed by atoms with Gasteiger partial charge >= 0.3 is 6.03 Å². The molecule has 0 aliphatic heterocycles. The average Bonchev–Trinajstić information content (AvgIpc) is 2.08. The molecule has 0 aliphatic carbocycles. The van der Waals surface area contributed by atoms with Crippen LogP contribution in [0.25, 0.3) is 0 Å². The van der Waals surface area contributed by atoms with Gasteiger partial charge in [-0.25, -0.2) is 10.2 Å². The van der Waals surface area contributed by atoms with Crippen molar-refractivity contribution >= 4 is 12.2 Å². The van der Waals surface area contributed by atoms with Crippen molar-refractivity contribution in [1.82, 2.24) is 5.43 Å². The zero-order chi connectivity index (χ0) is 10.6. The zero-order valence-electron chi connectivity index (χ0n) is 7.14. The number of hydrazone groups is 1. The van der Waals surface area contributed by atoms with E-state index in [2.05, 4.69) is 5.10 Å². The summed E-state index contributed by atoms with van der Waals surface area (Å²) in [6.45, 7) is 0. The Hall–Kier alpha value is -2.24. The van der Waals surface area contributed by atoms with Gasteiger partial charge in [0.15, 0.2) is 0 Å². The minimum Gasteiger partial charge on any atom is -0.508 e. The van der Waals surface area contributed by atoms with Crippen LogP contribution in [-0.2, 0) is 0 Å². The van der Waals surface area contributed by atoms with Crippen LogP contribution in [0.2, 0.25) is 0 Å². The zero-order valence-corrected chi connectivity index (χ0v) is 7.14.